The van der Waals surface area contributed by atoms with Crippen molar-refractivity contribution >= 4 is 28.3 Å². The highest BCUT2D eigenvalue weighted by Gasteiger charge is 2.27. The van der Waals surface area contributed by atoms with Crippen LogP contribution < -0.4 is 10.6 Å². The molecule has 2 N–H and O–H groups in total. The lowest BCUT2D eigenvalue weighted by atomic mass is 9.97. The Morgan fingerprint density at radius 1 is 1.42 bits per heavy atom. The van der Waals surface area contributed by atoms with Crippen molar-refractivity contribution < 1.29 is 14.0 Å². The molecule has 140 valence electrons. The largest absolute Gasteiger partial charge is 0.467 e. The molecule has 1 unspecified atom stereocenters. The number of hydrogen-bond acceptors (Lipinski definition) is 6. The number of aromatic nitrogens is 1. The molecule has 0 radical (unpaired) electrons. The van der Waals surface area contributed by atoms with Gasteiger partial charge in [0.1, 0.15) is 5.76 Å². The minimum atomic E-state index is -0.101. The van der Waals surface area contributed by atoms with E-state index in [4.69, 9.17) is 4.42 Å². The van der Waals surface area contributed by atoms with Gasteiger partial charge in [-0.1, -0.05) is 0 Å². The van der Waals surface area contributed by atoms with Crippen LogP contribution in [0.4, 0.5) is 5.13 Å². The summed E-state index contributed by atoms with van der Waals surface area (Å²) < 4.78 is 5.23. The molecule has 7 nitrogen and oxygen atoms in total. The molecule has 0 aromatic carbocycles. The lowest BCUT2D eigenvalue weighted by molar-refractivity contribution is -0.128. The van der Waals surface area contributed by atoms with E-state index in [2.05, 4.69) is 15.6 Å². The van der Waals surface area contributed by atoms with E-state index in [1.807, 2.05) is 24.8 Å². The molecule has 1 aliphatic rings. The predicted molar refractivity (Wildman–Crippen MR) is 99.9 cm³/mol. The predicted octanol–water partition coefficient (Wildman–Crippen LogP) is 2.32. The number of likely N-dealkylation sites (tertiary alicyclic amines) is 1. The summed E-state index contributed by atoms with van der Waals surface area (Å²) in [4.78, 5) is 32.1. The summed E-state index contributed by atoms with van der Waals surface area (Å²) in [6.45, 7) is 6.00. The monoisotopic (exact) mass is 376 g/mol. The number of rotatable bonds is 6. The molecule has 2 aromatic heterocycles. The third-order valence-corrected chi connectivity index (χ3v) is 5.52. The van der Waals surface area contributed by atoms with Crippen LogP contribution in [0, 0.1) is 19.8 Å². The van der Waals surface area contributed by atoms with Crippen LogP contribution in [0.2, 0.25) is 0 Å². The standard InChI is InChI=1S/C18H24N4O3S/c1-12-13(2)26-18(20-12)21-16(23)11-22-7-3-5-14(10-22)17(24)19-9-15-6-4-8-25-15/h4,6,8,14H,3,5,7,9-11H2,1-2H3,(H,19,24)(H,20,21,23). The van der Waals surface area contributed by atoms with Gasteiger partial charge >= 0.3 is 0 Å². The number of nitrogens with zero attached hydrogens (tertiary/aromatic N) is 2. The molecule has 1 fully saturated rings. The van der Waals surface area contributed by atoms with Gasteiger partial charge < -0.3 is 15.1 Å². The van der Waals surface area contributed by atoms with Crippen molar-refractivity contribution in [1.29, 1.82) is 0 Å². The number of aryl methyl sites for hydroxylation is 2. The zero-order valence-electron chi connectivity index (χ0n) is 15.1. The molecule has 0 spiro atoms. The molecule has 8 heteroatoms. The van der Waals surface area contributed by atoms with Crippen molar-refractivity contribution in [2.24, 2.45) is 5.92 Å². The Morgan fingerprint density at radius 3 is 2.96 bits per heavy atom. The van der Waals surface area contributed by atoms with Gasteiger partial charge in [-0.15, -0.1) is 11.3 Å². The lowest BCUT2D eigenvalue weighted by Crippen LogP contribution is -2.45. The molecule has 2 aromatic rings. The van der Waals surface area contributed by atoms with Gasteiger partial charge in [0, 0.05) is 11.4 Å². The molecule has 1 saturated heterocycles. The number of thiazole rings is 1. The maximum absolute atomic E-state index is 12.4. The first-order valence-corrected chi connectivity index (χ1v) is 9.59. The number of nitrogens with one attached hydrogen (secondary N) is 2. The van der Waals surface area contributed by atoms with Gasteiger partial charge in [0.05, 0.1) is 31.0 Å². The van der Waals surface area contributed by atoms with Crippen LogP contribution in [0.15, 0.2) is 22.8 Å². The summed E-state index contributed by atoms with van der Waals surface area (Å²) in [5, 5.41) is 6.40. The van der Waals surface area contributed by atoms with Crippen LogP contribution >= 0.6 is 11.3 Å². The molecule has 0 aliphatic carbocycles. The highest BCUT2D eigenvalue weighted by Crippen LogP contribution is 2.21. The molecule has 0 bridgehead atoms. The second-order valence-electron chi connectivity index (χ2n) is 6.58. The summed E-state index contributed by atoms with van der Waals surface area (Å²) in [7, 11) is 0. The first-order chi connectivity index (χ1) is 12.5. The molecule has 2 amide bonds. The van der Waals surface area contributed by atoms with Gasteiger partial charge in [-0.3, -0.25) is 14.5 Å². The highest BCUT2D eigenvalue weighted by molar-refractivity contribution is 7.15. The second kappa shape index (κ2) is 8.46. The fraction of sp³-hybridized carbons (Fsp3) is 0.500. The minimum Gasteiger partial charge on any atom is -0.467 e. The summed E-state index contributed by atoms with van der Waals surface area (Å²) in [5.41, 5.74) is 0.941. The molecular weight excluding hydrogens is 352 g/mol. The zero-order chi connectivity index (χ0) is 18.5. The molecule has 3 rings (SSSR count). The molecule has 3 heterocycles. The van der Waals surface area contributed by atoms with Crippen LogP contribution in [-0.4, -0.2) is 41.3 Å². The Kier molecular flexibility index (Phi) is 6.05. The Balaban J connectivity index is 1.46. The number of amides is 2. The number of carbonyl (C=O) groups is 2. The van der Waals surface area contributed by atoms with Crippen LogP contribution in [0.3, 0.4) is 0 Å². The number of anilines is 1. The third kappa shape index (κ3) is 4.92. The first-order valence-electron chi connectivity index (χ1n) is 8.77. The zero-order valence-corrected chi connectivity index (χ0v) is 15.9. The molecule has 1 aliphatic heterocycles. The number of furan rings is 1. The first kappa shape index (κ1) is 18.6. The van der Waals surface area contributed by atoms with E-state index in [0.29, 0.717) is 18.2 Å². The van der Waals surface area contributed by atoms with Crippen molar-refractivity contribution in [3.8, 4) is 0 Å². The highest BCUT2D eigenvalue weighted by atomic mass is 32.1. The Labute approximate surface area is 156 Å². The van der Waals surface area contributed by atoms with Gasteiger partial charge in [0.2, 0.25) is 11.8 Å². The SMILES string of the molecule is Cc1nc(NC(=O)CN2CCCC(C(=O)NCc3ccco3)C2)sc1C. The van der Waals surface area contributed by atoms with Crippen molar-refractivity contribution in [3.63, 3.8) is 0 Å². The van der Waals surface area contributed by atoms with E-state index < -0.39 is 0 Å². The third-order valence-electron chi connectivity index (χ3n) is 4.54. The van der Waals surface area contributed by atoms with Gasteiger partial charge in [-0.2, -0.15) is 0 Å². The van der Waals surface area contributed by atoms with Crippen LogP contribution in [-0.2, 0) is 16.1 Å². The molecule has 0 saturated carbocycles. The van der Waals surface area contributed by atoms with E-state index in [1.165, 1.54) is 11.3 Å². The molecule has 1 atom stereocenters. The van der Waals surface area contributed by atoms with Crippen molar-refractivity contribution in [2.75, 3.05) is 25.0 Å². The average molecular weight is 376 g/mol. The fourth-order valence-electron chi connectivity index (χ4n) is 3.03. The topological polar surface area (TPSA) is 87.5 Å². The van der Waals surface area contributed by atoms with Crippen LogP contribution in [0.5, 0.6) is 0 Å². The van der Waals surface area contributed by atoms with Gasteiger partial charge in [0.25, 0.3) is 0 Å². The summed E-state index contributed by atoms with van der Waals surface area (Å²) in [6.07, 6.45) is 3.34. The van der Waals surface area contributed by atoms with Gasteiger partial charge in [-0.05, 0) is 45.4 Å². The summed E-state index contributed by atoms with van der Waals surface area (Å²) in [6, 6.07) is 3.63. The van der Waals surface area contributed by atoms with E-state index in [1.54, 1.807) is 12.3 Å². The number of hydrogen-bond donors (Lipinski definition) is 2. The van der Waals surface area contributed by atoms with E-state index >= 15 is 0 Å². The van der Waals surface area contributed by atoms with Crippen LogP contribution in [0.1, 0.15) is 29.2 Å². The fourth-order valence-corrected chi connectivity index (χ4v) is 3.86. The Bertz CT molecular complexity index is 737. The molecule has 26 heavy (non-hydrogen) atoms. The van der Waals surface area contributed by atoms with Crippen molar-refractivity contribution in [1.82, 2.24) is 15.2 Å². The normalized spacial score (nSPS) is 17.8. The molecular formula is C18H24N4O3S. The van der Waals surface area contributed by atoms with Crippen LogP contribution in [0.25, 0.3) is 0 Å². The van der Waals surface area contributed by atoms with E-state index in [0.717, 1.165) is 35.7 Å². The number of piperidine rings is 1. The maximum Gasteiger partial charge on any atom is 0.240 e. The summed E-state index contributed by atoms with van der Waals surface area (Å²) in [5.74, 6) is 0.559. The van der Waals surface area contributed by atoms with Gasteiger partial charge in [0.15, 0.2) is 5.13 Å². The minimum absolute atomic E-state index is 0.0117. The maximum atomic E-state index is 12.4. The van der Waals surface area contributed by atoms with Crippen molar-refractivity contribution in [2.45, 2.75) is 33.2 Å². The Hall–Kier alpha value is -2.19. The Morgan fingerprint density at radius 2 is 2.27 bits per heavy atom. The smallest absolute Gasteiger partial charge is 0.240 e. The summed E-state index contributed by atoms with van der Waals surface area (Å²) >= 11 is 1.48. The van der Waals surface area contributed by atoms with Gasteiger partial charge in [-0.25, -0.2) is 4.98 Å². The quantitative estimate of drug-likeness (QED) is 0.808. The average Bonchev–Trinajstić information content (AvgIpc) is 3.23. The number of carbonyl (C=O) groups excluding carboxylic acids is 2. The van der Waals surface area contributed by atoms with E-state index in [-0.39, 0.29) is 24.3 Å². The van der Waals surface area contributed by atoms with E-state index in [9.17, 15) is 9.59 Å². The van der Waals surface area contributed by atoms with Crippen molar-refractivity contribution in [3.05, 3.63) is 34.7 Å². The second-order valence-corrected chi connectivity index (χ2v) is 7.78. The lowest BCUT2D eigenvalue weighted by Gasteiger charge is -2.31.